The molecule has 0 aliphatic carbocycles. The average molecular weight is 287 g/mol. The molecule has 1 aromatic heterocycles. The second-order valence-corrected chi connectivity index (χ2v) is 5.24. The van der Waals surface area contributed by atoms with Gasteiger partial charge < -0.3 is 10.1 Å². The summed E-state index contributed by atoms with van der Waals surface area (Å²) in [6.45, 7) is 2.55. The molecule has 1 unspecified atom stereocenters. The highest BCUT2D eigenvalue weighted by Gasteiger charge is 2.21. The fourth-order valence-electron chi connectivity index (χ4n) is 2.72. The van der Waals surface area contributed by atoms with Gasteiger partial charge in [-0.15, -0.1) is 0 Å². The Morgan fingerprint density at radius 2 is 2.33 bits per heavy atom. The van der Waals surface area contributed by atoms with Crippen LogP contribution in [0.2, 0.25) is 0 Å². The molecule has 6 heteroatoms. The van der Waals surface area contributed by atoms with Crippen molar-refractivity contribution in [2.75, 3.05) is 19.7 Å². The van der Waals surface area contributed by atoms with Gasteiger partial charge in [0.25, 0.3) is 0 Å². The molecule has 1 aromatic carbocycles. The Bertz CT molecular complexity index is 654. The minimum Gasteiger partial charge on any atom is -0.487 e. The summed E-state index contributed by atoms with van der Waals surface area (Å²) in [7, 11) is 0. The van der Waals surface area contributed by atoms with E-state index in [1.54, 1.807) is 30.5 Å². The highest BCUT2D eigenvalue weighted by Crippen LogP contribution is 2.34. The topological polar surface area (TPSA) is 77.3 Å². The highest BCUT2D eigenvalue weighted by atomic mass is 16.6. The zero-order valence-corrected chi connectivity index (χ0v) is 11.6. The zero-order chi connectivity index (χ0) is 14.7. The van der Waals surface area contributed by atoms with Crippen molar-refractivity contribution in [1.29, 1.82) is 0 Å². The lowest BCUT2D eigenvalue weighted by molar-refractivity contribution is -0.384. The van der Waals surface area contributed by atoms with Crippen LogP contribution in [0.4, 0.5) is 5.69 Å². The number of nitrogens with one attached hydrogen (secondary N) is 1. The second-order valence-electron chi connectivity index (χ2n) is 5.24. The van der Waals surface area contributed by atoms with Gasteiger partial charge >= 0.3 is 5.69 Å². The summed E-state index contributed by atoms with van der Waals surface area (Å²) >= 11 is 0. The minimum absolute atomic E-state index is 0.00477. The van der Waals surface area contributed by atoms with Gasteiger partial charge in [0.15, 0.2) is 5.75 Å². The van der Waals surface area contributed by atoms with Gasteiger partial charge in [-0.2, -0.15) is 0 Å². The smallest absolute Gasteiger partial charge is 0.320 e. The monoisotopic (exact) mass is 287 g/mol. The van der Waals surface area contributed by atoms with Crippen LogP contribution in [0.5, 0.6) is 5.75 Å². The molecule has 0 radical (unpaired) electrons. The van der Waals surface area contributed by atoms with E-state index in [0.29, 0.717) is 29.2 Å². The summed E-state index contributed by atoms with van der Waals surface area (Å²) < 4.78 is 5.67. The van der Waals surface area contributed by atoms with E-state index in [0.717, 1.165) is 25.9 Å². The van der Waals surface area contributed by atoms with Crippen molar-refractivity contribution < 1.29 is 9.66 Å². The van der Waals surface area contributed by atoms with Gasteiger partial charge in [0, 0.05) is 6.20 Å². The third-order valence-electron chi connectivity index (χ3n) is 3.85. The Balaban J connectivity index is 1.80. The van der Waals surface area contributed by atoms with E-state index in [1.807, 2.05) is 0 Å². The number of fused-ring (bicyclic) bond motifs is 1. The molecule has 1 fully saturated rings. The third-order valence-corrected chi connectivity index (χ3v) is 3.85. The number of aromatic nitrogens is 1. The van der Waals surface area contributed by atoms with Crippen LogP contribution in [0.25, 0.3) is 10.9 Å². The average Bonchev–Trinajstić information content (AvgIpc) is 3.00. The Hall–Kier alpha value is -2.21. The SMILES string of the molecule is O=[N+]([O-])c1c(OCCC2CCNC2)ccc2ncccc12. The first-order chi connectivity index (χ1) is 10.3. The summed E-state index contributed by atoms with van der Waals surface area (Å²) in [5, 5.41) is 15.2. The molecule has 21 heavy (non-hydrogen) atoms. The van der Waals surface area contributed by atoms with Crippen molar-refractivity contribution in [1.82, 2.24) is 10.3 Å². The van der Waals surface area contributed by atoms with Crippen molar-refractivity contribution in [3.8, 4) is 5.75 Å². The number of hydrogen-bond acceptors (Lipinski definition) is 5. The lowest BCUT2D eigenvalue weighted by Crippen LogP contribution is -2.12. The van der Waals surface area contributed by atoms with Gasteiger partial charge in [-0.05, 0) is 56.1 Å². The number of benzene rings is 1. The van der Waals surface area contributed by atoms with Gasteiger partial charge in [-0.3, -0.25) is 15.1 Å². The van der Waals surface area contributed by atoms with Crippen LogP contribution in [0, 0.1) is 16.0 Å². The molecular formula is C15H17N3O3. The number of hydrogen-bond donors (Lipinski definition) is 1. The molecule has 1 N–H and O–H groups in total. The number of rotatable bonds is 5. The van der Waals surface area contributed by atoms with E-state index in [9.17, 15) is 10.1 Å². The Morgan fingerprint density at radius 1 is 1.43 bits per heavy atom. The molecule has 6 nitrogen and oxygen atoms in total. The molecule has 1 aliphatic heterocycles. The summed E-state index contributed by atoms with van der Waals surface area (Å²) in [4.78, 5) is 15.1. The third kappa shape index (κ3) is 2.95. The fraction of sp³-hybridized carbons (Fsp3) is 0.400. The lowest BCUT2D eigenvalue weighted by Gasteiger charge is -2.11. The molecule has 2 aromatic rings. The lowest BCUT2D eigenvalue weighted by atomic mass is 10.1. The number of nitrogens with zero attached hydrogens (tertiary/aromatic N) is 2. The van der Waals surface area contributed by atoms with Crippen LogP contribution < -0.4 is 10.1 Å². The molecular weight excluding hydrogens is 270 g/mol. The fourth-order valence-corrected chi connectivity index (χ4v) is 2.72. The van der Waals surface area contributed by atoms with Gasteiger partial charge in [0.2, 0.25) is 0 Å². The summed E-state index contributed by atoms with van der Waals surface area (Å²) in [6.07, 6.45) is 3.68. The van der Waals surface area contributed by atoms with E-state index < -0.39 is 4.92 Å². The summed E-state index contributed by atoms with van der Waals surface area (Å²) in [6, 6.07) is 6.80. The van der Waals surface area contributed by atoms with Crippen molar-refractivity contribution in [3.05, 3.63) is 40.6 Å². The number of nitro benzene ring substituents is 1. The first-order valence-corrected chi connectivity index (χ1v) is 7.11. The van der Waals surface area contributed by atoms with E-state index >= 15 is 0 Å². The maximum Gasteiger partial charge on any atom is 0.320 e. The Morgan fingerprint density at radius 3 is 3.10 bits per heavy atom. The van der Waals surface area contributed by atoms with Crippen molar-refractivity contribution in [3.63, 3.8) is 0 Å². The molecule has 1 saturated heterocycles. The second kappa shape index (κ2) is 6.05. The van der Waals surface area contributed by atoms with Crippen LogP contribution in [0.3, 0.4) is 0 Å². The number of pyridine rings is 1. The molecule has 3 rings (SSSR count). The first kappa shape index (κ1) is 13.8. The maximum absolute atomic E-state index is 11.3. The Kier molecular flexibility index (Phi) is 3.96. The highest BCUT2D eigenvalue weighted by molar-refractivity contribution is 5.90. The van der Waals surface area contributed by atoms with Gasteiger partial charge in [-0.1, -0.05) is 0 Å². The van der Waals surface area contributed by atoms with Crippen LogP contribution in [-0.2, 0) is 0 Å². The van der Waals surface area contributed by atoms with Gasteiger partial charge in [0.05, 0.1) is 22.4 Å². The van der Waals surface area contributed by atoms with Gasteiger partial charge in [0.1, 0.15) is 0 Å². The molecule has 0 saturated carbocycles. The molecule has 1 aliphatic rings. The maximum atomic E-state index is 11.3. The normalized spacial score (nSPS) is 18.0. The molecule has 0 amide bonds. The summed E-state index contributed by atoms with van der Waals surface area (Å²) in [5.41, 5.74) is 0.613. The summed E-state index contributed by atoms with van der Waals surface area (Å²) in [5.74, 6) is 0.928. The predicted octanol–water partition coefficient (Wildman–Crippen LogP) is 2.52. The van der Waals surface area contributed by atoms with Crippen LogP contribution in [0.15, 0.2) is 30.5 Å². The van der Waals surface area contributed by atoms with Crippen LogP contribution in [0.1, 0.15) is 12.8 Å². The van der Waals surface area contributed by atoms with Gasteiger partial charge in [-0.25, -0.2) is 0 Å². The predicted molar refractivity (Wildman–Crippen MR) is 79.5 cm³/mol. The Labute approximate surface area is 122 Å². The number of ether oxygens (including phenoxy) is 1. The minimum atomic E-state index is -0.392. The first-order valence-electron chi connectivity index (χ1n) is 7.11. The molecule has 0 spiro atoms. The quantitative estimate of drug-likeness (QED) is 0.675. The molecule has 1 atom stereocenters. The van der Waals surface area contributed by atoms with Crippen molar-refractivity contribution in [2.24, 2.45) is 5.92 Å². The molecule has 0 bridgehead atoms. The van der Waals surface area contributed by atoms with Crippen LogP contribution >= 0.6 is 0 Å². The zero-order valence-electron chi connectivity index (χ0n) is 11.6. The van der Waals surface area contributed by atoms with Crippen LogP contribution in [-0.4, -0.2) is 29.6 Å². The van der Waals surface area contributed by atoms with E-state index in [1.165, 1.54) is 0 Å². The van der Waals surface area contributed by atoms with Crippen molar-refractivity contribution >= 4 is 16.6 Å². The molecule has 110 valence electrons. The van der Waals surface area contributed by atoms with E-state index in [2.05, 4.69) is 10.3 Å². The van der Waals surface area contributed by atoms with Crippen molar-refractivity contribution in [2.45, 2.75) is 12.8 Å². The van der Waals surface area contributed by atoms with E-state index in [-0.39, 0.29) is 5.69 Å². The van der Waals surface area contributed by atoms with E-state index in [4.69, 9.17) is 4.74 Å². The number of nitro groups is 1. The standard InChI is InChI=1S/C15H17N3O3/c19-18(20)15-12-2-1-7-17-13(12)3-4-14(15)21-9-6-11-5-8-16-10-11/h1-4,7,11,16H,5-6,8-10H2. The molecule has 2 heterocycles. The largest absolute Gasteiger partial charge is 0.487 e.